The molecule has 14 nitrogen and oxygen atoms in total. The Labute approximate surface area is 345 Å². The van der Waals surface area contributed by atoms with Crippen LogP contribution in [0.1, 0.15) is 110 Å². The zero-order valence-corrected chi connectivity index (χ0v) is 35.2. The highest BCUT2D eigenvalue weighted by Gasteiger charge is 2.65. The highest BCUT2D eigenvalue weighted by molar-refractivity contribution is 7.91. The van der Waals surface area contributed by atoms with Crippen LogP contribution in [-0.2, 0) is 41.0 Å². The number of amides is 4. The van der Waals surface area contributed by atoms with E-state index in [0.717, 1.165) is 11.8 Å². The van der Waals surface area contributed by atoms with Gasteiger partial charge in [0.2, 0.25) is 21.8 Å². The van der Waals surface area contributed by atoms with Crippen molar-refractivity contribution in [2.24, 2.45) is 5.92 Å². The molecule has 2 aromatic rings. The maximum Gasteiger partial charge on any atom is 0.437 e. The molecular formula is C41H51F4N5O9S. The summed E-state index contributed by atoms with van der Waals surface area (Å²) in [5.41, 5.74) is -9.33. The second-order valence-corrected chi connectivity index (χ2v) is 20.5. The number of benzene rings is 1. The minimum Gasteiger partial charge on any atom is -0.497 e. The number of fused-ring (bicyclic) bond motifs is 5. The Morgan fingerprint density at radius 1 is 1.07 bits per heavy atom. The quantitative estimate of drug-likeness (QED) is 0.244. The van der Waals surface area contributed by atoms with Gasteiger partial charge in [-0.05, 0) is 91.3 Å². The average molecular weight is 866 g/mol. The Morgan fingerprint density at radius 3 is 2.43 bits per heavy atom. The van der Waals surface area contributed by atoms with E-state index in [0.29, 0.717) is 38.5 Å². The molecule has 5 aliphatic rings. The van der Waals surface area contributed by atoms with Crippen molar-refractivity contribution in [2.45, 2.75) is 144 Å². The monoisotopic (exact) mass is 865 g/mol. The van der Waals surface area contributed by atoms with Gasteiger partial charge in [-0.2, -0.15) is 13.2 Å². The molecule has 4 heterocycles. The minimum absolute atomic E-state index is 0.0104. The van der Waals surface area contributed by atoms with E-state index in [9.17, 15) is 40.8 Å². The molecule has 0 radical (unpaired) electrons. The number of carbonyl (C=O) groups excluding carboxylic acids is 4. The number of alkyl carbamates (subject to hydrolysis) is 1. The van der Waals surface area contributed by atoms with Gasteiger partial charge in [0.15, 0.2) is 11.4 Å². The van der Waals surface area contributed by atoms with Crippen molar-refractivity contribution < 1.29 is 59.4 Å². The number of sulfonamides is 1. The van der Waals surface area contributed by atoms with Crippen LogP contribution in [0.2, 0.25) is 0 Å². The van der Waals surface area contributed by atoms with Crippen LogP contribution < -0.4 is 24.8 Å². The summed E-state index contributed by atoms with van der Waals surface area (Å²) in [7, 11) is -2.80. The van der Waals surface area contributed by atoms with Gasteiger partial charge in [0.1, 0.15) is 40.2 Å². The zero-order valence-electron chi connectivity index (χ0n) is 34.4. The summed E-state index contributed by atoms with van der Waals surface area (Å²) in [6.07, 6.45) is -0.591. The van der Waals surface area contributed by atoms with Crippen molar-refractivity contribution in [1.29, 1.82) is 0 Å². The van der Waals surface area contributed by atoms with Crippen LogP contribution in [0, 0.1) is 5.92 Å². The SMILES string of the molecule is COc1ccc2nc(C(F)(F)F)c3c(c2c1)[C@](C)(F)C[C@]1(C[C@H]2C(=O)N[C@]4(C(=O)NS(=O)(=O)C5(C)CC5)CC4/C=C\CCCCC[C@H](NC(=O)OC(C)(C)C)C(=O)N2C1)O3. The number of hydrogen-bond donors (Lipinski definition) is 3. The van der Waals surface area contributed by atoms with Crippen LogP contribution in [0.15, 0.2) is 30.4 Å². The molecule has 3 N–H and O–H groups in total. The highest BCUT2D eigenvalue weighted by Crippen LogP contribution is 2.56. The number of methoxy groups -OCH3 is 1. The van der Waals surface area contributed by atoms with Crippen LogP contribution >= 0.6 is 0 Å². The summed E-state index contributed by atoms with van der Waals surface area (Å²) in [5, 5.41) is 5.33. The van der Waals surface area contributed by atoms with Gasteiger partial charge in [0, 0.05) is 29.7 Å². The molecule has 19 heteroatoms. The van der Waals surface area contributed by atoms with Gasteiger partial charge in [0.25, 0.3) is 5.91 Å². The number of nitrogens with zero attached hydrogens (tertiary/aromatic N) is 2. The zero-order chi connectivity index (χ0) is 43.8. The lowest BCUT2D eigenvalue weighted by Gasteiger charge is -2.42. The maximum absolute atomic E-state index is 17.5. The lowest BCUT2D eigenvalue weighted by molar-refractivity contribution is -0.145. The van der Waals surface area contributed by atoms with Crippen LogP contribution in [0.3, 0.4) is 0 Å². The molecule has 6 atom stereocenters. The number of pyridine rings is 1. The van der Waals surface area contributed by atoms with Gasteiger partial charge in [-0.1, -0.05) is 25.0 Å². The van der Waals surface area contributed by atoms with E-state index in [1.165, 1.54) is 32.2 Å². The summed E-state index contributed by atoms with van der Waals surface area (Å²) in [4.78, 5) is 61.5. The first-order valence-corrected chi connectivity index (χ1v) is 21.6. The third-order valence-electron chi connectivity index (χ3n) is 12.2. The number of aromatic nitrogens is 1. The summed E-state index contributed by atoms with van der Waals surface area (Å²) in [6, 6.07) is 1.15. The molecule has 1 unspecified atom stereocenters. The number of ether oxygens (including phenoxy) is 3. The van der Waals surface area contributed by atoms with Crippen LogP contribution in [0.4, 0.5) is 22.4 Å². The van der Waals surface area contributed by atoms with E-state index in [2.05, 4.69) is 20.3 Å². The van der Waals surface area contributed by atoms with Gasteiger partial charge < -0.3 is 29.7 Å². The van der Waals surface area contributed by atoms with E-state index in [4.69, 9.17) is 14.2 Å². The van der Waals surface area contributed by atoms with E-state index >= 15 is 4.39 Å². The Balaban J connectivity index is 1.31. The van der Waals surface area contributed by atoms with Crippen molar-refractivity contribution >= 4 is 44.7 Å². The van der Waals surface area contributed by atoms with E-state index in [1.54, 1.807) is 26.8 Å². The first-order chi connectivity index (χ1) is 27.8. The van der Waals surface area contributed by atoms with Crippen molar-refractivity contribution in [2.75, 3.05) is 13.7 Å². The molecular weight excluding hydrogens is 815 g/mol. The minimum atomic E-state index is -5.13. The molecule has 2 aliphatic carbocycles. The number of rotatable bonds is 5. The highest BCUT2D eigenvalue weighted by atomic mass is 32.2. The predicted octanol–water partition coefficient (Wildman–Crippen LogP) is 5.86. The predicted molar refractivity (Wildman–Crippen MR) is 209 cm³/mol. The molecule has 328 valence electrons. The second-order valence-electron chi connectivity index (χ2n) is 18.3. The molecule has 4 amide bonds. The normalized spacial score (nSPS) is 31.0. The van der Waals surface area contributed by atoms with Crippen molar-refractivity contribution in [1.82, 2.24) is 25.2 Å². The van der Waals surface area contributed by atoms with Gasteiger partial charge >= 0.3 is 12.3 Å². The Hall–Kier alpha value is -4.68. The molecule has 1 saturated heterocycles. The molecule has 1 aromatic heterocycles. The number of carbonyl (C=O) groups is 4. The second kappa shape index (κ2) is 14.8. The largest absolute Gasteiger partial charge is 0.497 e. The van der Waals surface area contributed by atoms with Crippen LogP contribution in [0.25, 0.3) is 10.9 Å². The van der Waals surface area contributed by atoms with E-state index in [-0.39, 0.29) is 29.5 Å². The van der Waals surface area contributed by atoms with Gasteiger partial charge in [-0.15, -0.1) is 0 Å². The lowest BCUT2D eigenvalue weighted by Crippen LogP contribution is -2.58. The van der Waals surface area contributed by atoms with E-state index < -0.39 is 122 Å². The molecule has 3 aliphatic heterocycles. The Kier molecular flexibility index (Phi) is 10.7. The molecule has 3 fully saturated rings. The molecule has 1 spiro atoms. The third kappa shape index (κ3) is 8.21. The first kappa shape index (κ1) is 43.4. The molecule has 7 rings (SSSR count). The maximum atomic E-state index is 17.5. The fourth-order valence-electron chi connectivity index (χ4n) is 8.74. The lowest BCUT2D eigenvalue weighted by atomic mass is 9.78. The summed E-state index contributed by atoms with van der Waals surface area (Å²) in [5.74, 6) is -4.04. The average Bonchev–Trinajstić information content (AvgIpc) is 4.02. The number of hydrogen-bond acceptors (Lipinski definition) is 10. The fraction of sp³-hybridized carbons (Fsp3) is 0.634. The molecule has 0 bridgehead atoms. The summed E-state index contributed by atoms with van der Waals surface area (Å²) < 4.78 is 107. The number of nitrogens with one attached hydrogen (secondary N) is 3. The Morgan fingerprint density at radius 2 is 1.78 bits per heavy atom. The fourth-order valence-corrected chi connectivity index (χ4v) is 10.1. The molecule has 60 heavy (non-hydrogen) atoms. The topological polar surface area (TPSA) is 182 Å². The third-order valence-corrected chi connectivity index (χ3v) is 14.4. The number of alkyl halides is 4. The van der Waals surface area contributed by atoms with Gasteiger partial charge in [-0.3, -0.25) is 19.1 Å². The van der Waals surface area contributed by atoms with Crippen LogP contribution in [0.5, 0.6) is 11.5 Å². The summed E-state index contributed by atoms with van der Waals surface area (Å²) >= 11 is 0. The van der Waals surface area contributed by atoms with Crippen molar-refractivity contribution in [3.8, 4) is 11.5 Å². The standard InChI is InChI=1S/C41H51F4N5O9S/c1-36(2,3)59-35(54)47-27-13-11-9-7-8-10-12-23-19-40(23,34(53)49-60(55,56)37(4)16-17-37)48-32(51)28-20-39(22-50(28)33(27)52)21-38(5,42)29-25-18-24(57-6)14-15-26(25)46-31(30(29)58-39)41(43,44)45/h10,12,14-15,18,23,27-28H,7-9,11,13,16-17,19-22H2,1-6H3,(H,47,54)(H,48,51)(H,49,53)/b12-10-/t23?,27-,28-,38+,39-,40+/m0/s1. The summed E-state index contributed by atoms with van der Waals surface area (Å²) in [6.45, 7) is 6.89. The van der Waals surface area contributed by atoms with Crippen molar-refractivity contribution in [3.63, 3.8) is 0 Å². The van der Waals surface area contributed by atoms with Crippen LogP contribution in [-0.4, -0.2) is 89.3 Å². The van der Waals surface area contributed by atoms with E-state index in [1.807, 2.05) is 6.08 Å². The smallest absolute Gasteiger partial charge is 0.437 e. The first-order valence-electron chi connectivity index (χ1n) is 20.2. The molecule has 1 aromatic carbocycles. The molecule has 2 saturated carbocycles. The van der Waals surface area contributed by atoms with Gasteiger partial charge in [0.05, 0.1) is 23.9 Å². The number of allylic oxidation sites excluding steroid dienone is 1. The van der Waals surface area contributed by atoms with Gasteiger partial charge in [-0.25, -0.2) is 22.6 Å². The Bertz CT molecular complexity index is 2260. The number of halogens is 4. The van der Waals surface area contributed by atoms with Crippen molar-refractivity contribution in [3.05, 3.63) is 41.6 Å².